The van der Waals surface area contributed by atoms with Crippen molar-refractivity contribution in [3.05, 3.63) is 35.4 Å². The minimum atomic E-state index is -4.40. The Kier molecular flexibility index (Phi) is 9.14. The van der Waals surface area contributed by atoms with Crippen LogP contribution in [0.4, 0.5) is 13.2 Å². The summed E-state index contributed by atoms with van der Waals surface area (Å²) in [6.07, 6.45) is 0.514. The van der Waals surface area contributed by atoms with Crippen molar-refractivity contribution in [2.24, 2.45) is 0 Å². The fourth-order valence-corrected chi connectivity index (χ4v) is 3.95. The predicted octanol–water partition coefficient (Wildman–Crippen LogP) is 4.42. The molecular formula is C22H30F3NO4. The van der Waals surface area contributed by atoms with E-state index in [1.54, 1.807) is 6.07 Å². The number of carbonyl (C=O) groups excluding carboxylic acids is 1. The van der Waals surface area contributed by atoms with Gasteiger partial charge < -0.3 is 15.1 Å². The highest BCUT2D eigenvalue weighted by atomic mass is 19.4. The zero-order valence-electron chi connectivity index (χ0n) is 17.0. The molecule has 30 heavy (non-hydrogen) atoms. The van der Waals surface area contributed by atoms with Gasteiger partial charge in [0.2, 0.25) is 5.91 Å². The van der Waals surface area contributed by atoms with Gasteiger partial charge in [0, 0.05) is 25.4 Å². The van der Waals surface area contributed by atoms with Crippen molar-refractivity contribution in [2.45, 2.75) is 82.5 Å². The first-order chi connectivity index (χ1) is 14.2. The van der Waals surface area contributed by atoms with Gasteiger partial charge in [0.05, 0.1) is 11.7 Å². The minimum Gasteiger partial charge on any atom is -0.481 e. The first kappa shape index (κ1) is 24.2. The molecule has 0 bridgehead atoms. The molecule has 1 aliphatic rings. The average molecular weight is 429 g/mol. The number of carbonyl (C=O) groups is 2. The van der Waals surface area contributed by atoms with Gasteiger partial charge in [0.1, 0.15) is 0 Å². The van der Waals surface area contributed by atoms with Crippen LogP contribution in [0, 0.1) is 0 Å². The van der Waals surface area contributed by atoms with Gasteiger partial charge in [-0.1, -0.05) is 31.0 Å². The van der Waals surface area contributed by atoms with Crippen molar-refractivity contribution in [1.29, 1.82) is 0 Å². The van der Waals surface area contributed by atoms with E-state index in [1.807, 2.05) is 4.90 Å². The number of likely N-dealkylation sites (tertiary alicyclic amines) is 1. The van der Waals surface area contributed by atoms with E-state index in [9.17, 15) is 27.9 Å². The molecular weight excluding hydrogens is 399 g/mol. The number of aliphatic hydroxyl groups is 1. The second-order valence-corrected chi connectivity index (χ2v) is 7.97. The van der Waals surface area contributed by atoms with Crippen LogP contribution in [0.2, 0.25) is 0 Å². The molecule has 1 amide bonds. The molecule has 1 fully saturated rings. The summed E-state index contributed by atoms with van der Waals surface area (Å²) in [5.74, 6) is -0.702. The second kappa shape index (κ2) is 11.3. The number of hydrogen-bond donors (Lipinski definition) is 2. The summed E-state index contributed by atoms with van der Waals surface area (Å²) in [6, 6.07) is 5.05. The molecule has 1 aliphatic heterocycles. The lowest BCUT2D eigenvalue weighted by atomic mass is 9.99. The molecule has 1 aromatic rings. The standard InChI is InChI=1S/C22H30F3NO4/c23-22(24,25)17-7-5-6-16(14-17)15-19(27)11-9-18-10-12-20(28)26(18)13-4-2-1-3-8-21(29)30/h5-7,14,18-19,27H,1-4,8-13,15H2,(H,29,30)/t18?,19-/m1/s1. The molecule has 168 valence electrons. The summed E-state index contributed by atoms with van der Waals surface area (Å²) in [6.45, 7) is 0.625. The lowest BCUT2D eigenvalue weighted by Gasteiger charge is -2.26. The van der Waals surface area contributed by atoms with Crippen LogP contribution in [-0.2, 0) is 22.2 Å². The molecule has 0 aliphatic carbocycles. The number of carboxylic acids is 1. The molecule has 2 atom stereocenters. The highest BCUT2D eigenvalue weighted by molar-refractivity contribution is 5.78. The minimum absolute atomic E-state index is 0.0488. The molecule has 1 unspecified atom stereocenters. The Hall–Kier alpha value is -2.09. The number of nitrogens with zero attached hydrogens (tertiary/aromatic N) is 1. The van der Waals surface area contributed by atoms with Gasteiger partial charge in [-0.05, 0) is 50.2 Å². The van der Waals surface area contributed by atoms with Crippen LogP contribution in [0.5, 0.6) is 0 Å². The molecule has 2 rings (SSSR count). The van der Waals surface area contributed by atoms with Crippen LogP contribution < -0.4 is 0 Å². The number of amides is 1. The summed E-state index contributed by atoms with van der Waals surface area (Å²) >= 11 is 0. The number of aliphatic hydroxyl groups excluding tert-OH is 1. The topological polar surface area (TPSA) is 77.8 Å². The summed E-state index contributed by atoms with van der Waals surface area (Å²) in [4.78, 5) is 24.5. The van der Waals surface area contributed by atoms with Crippen LogP contribution in [0.3, 0.4) is 0 Å². The molecule has 5 nitrogen and oxygen atoms in total. The third-order valence-corrected chi connectivity index (χ3v) is 5.55. The Morgan fingerprint density at radius 3 is 2.63 bits per heavy atom. The number of rotatable bonds is 12. The van der Waals surface area contributed by atoms with E-state index in [0.29, 0.717) is 37.8 Å². The number of carboxylic acid groups (broad SMARTS) is 1. The first-order valence-corrected chi connectivity index (χ1v) is 10.5. The fraction of sp³-hybridized carbons (Fsp3) is 0.636. The Morgan fingerprint density at radius 1 is 1.20 bits per heavy atom. The van der Waals surface area contributed by atoms with E-state index in [4.69, 9.17) is 5.11 Å². The Morgan fingerprint density at radius 2 is 1.93 bits per heavy atom. The van der Waals surface area contributed by atoms with Crippen LogP contribution in [-0.4, -0.2) is 45.7 Å². The monoisotopic (exact) mass is 429 g/mol. The number of halogens is 3. The maximum Gasteiger partial charge on any atom is 0.416 e. The van der Waals surface area contributed by atoms with Crippen molar-refractivity contribution in [3.63, 3.8) is 0 Å². The maximum absolute atomic E-state index is 12.8. The lowest BCUT2D eigenvalue weighted by molar-refractivity contribution is -0.138. The molecule has 1 aromatic carbocycles. The lowest BCUT2D eigenvalue weighted by Crippen LogP contribution is -2.34. The van der Waals surface area contributed by atoms with E-state index < -0.39 is 23.8 Å². The van der Waals surface area contributed by atoms with E-state index in [0.717, 1.165) is 37.8 Å². The highest BCUT2D eigenvalue weighted by Crippen LogP contribution is 2.30. The van der Waals surface area contributed by atoms with Crippen molar-refractivity contribution in [2.75, 3.05) is 6.54 Å². The first-order valence-electron chi connectivity index (χ1n) is 10.5. The van der Waals surface area contributed by atoms with Crippen molar-refractivity contribution in [3.8, 4) is 0 Å². The van der Waals surface area contributed by atoms with Gasteiger partial charge in [0.25, 0.3) is 0 Å². The van der Waals surface area contributed by atoms with E-state index in [2.05, 4.69) is 0 Å². The normalized spacial score (nSPS) is 18.1. The Balaban J connectivity index is 1.75. The number of benzene rings is 1. The number of alkyl halides is 3. The third-order valence-electron chi connectivity index (χ3n) is 5.55. The molecule has 1 saturated heterocycles. The third kappa shape index (κ3) is 7.97. The SMILES string of the molecule is O=C(O)CCCCCCN1C(=O)CCC1CC[C@@H](O)Cc1cccc(C(F)(F)F)c1. The number of aliphatic carboxylic acids is 1. The van der Waals surface area contributed by atoms with Gasteiger partial charge in [-0.3, -0.25) is 9.59 Å². The largest absolute Gasteiger partial charge is 0.481 e. The zero-order chi connectivity index (χ0) is 22.1. The maximum atomic E-state index is 12.8. The summed E-state index contributed by atoms with van der Waals surface area (Å²) in [7, 11) is 0. The quantitative estimate of drug-likeness (QED) is 0.483. The zero-order valence-corrected chi connectivity index (χ0v) is 17.0. The Labute approximate surface area is 174 Å². The van der Waals surface area contributed by atoms with Gasteiger partial charge in [-0.25, -0.2) is 0 Å². The van der Waals surface area contributed by atoms with Gasteiger partial charge in [-0.15, -0.1) is 0 Å². The second-order valence-electron chi connectivity index (χ2n) is 7.97. The molecule has 0 radical (unpaired) electrons. The highest BCUT2D eigenvalue weighted by Gasteiger charge is 2.31. The van der Waals surface area contributed by atoms with Crippen LogP contribution in [0.25, 0.3) is 0 Å². The molecule has 0 aromatic heterocycles. The van der Waals surface area contributed by atoms with Crippen LogP contribution >= 0.6 is 0 Å². The van der Waals surface area contributed by atoms with Gasteiger partial charge in [0.15, 0.2) is 0 Å². The van der Waals surface area contributed by atoms with Crippen molar-refractivity contribution in [1.82, 2.24) is 4.90 Å². The van der Waals surface area contributed by atoms with E-state index >= 15 is 0 Å². The molecule has 8 heteroatoms. The van der Waals surface area contributed by atoms with E-state index in [-0.39, 0.29) is 24.8 Å². The van der Waals surface area contributed by atoms with Crippen molar-refractivity contribution < 1.29 is 33.0 Å². The average Bonchev–Trinajstić information content (AvgIpc) is 3.02. The predicted molar refractivity (Wildman–Crippen MR) is 106 cm³/mol. The molecule has 1 heterocycles. The van der Waals surface area contributed by atoms with Crippen molar-refractivity contribution >= 4 is 11.9 Å². The number of unbranched alkanes of at least 4 members (excludes halogenated alkanes) is 3. The summed E-state index contributed by atoms with van der Waals surface area (Å²) < 4.78 is 38.5. The molecule has 2 N–H and O–H groups in total. The molecule has 0 saturated carbocycles. The van der Waals surface area contributed by atoms with Crippen LogP contribution in [0.15, 0.2) is 24.3 Å². The summed E-state index contributed by atoms with van der Waals surface area (Å²) in [5, 5.41) is 18.9. The van der Waals surface area contributed by atoms with Gasteiger partial charge >= 0.3 is 12.1 Å². The van der Waals surface area contributed by atoms with Crippen LogP contribution in [0.1, 0.15) is 68.9 Å². The molecule has 0 spiro atoms. The fourth-order valence-electron chi connectivity index (χ4n) is 3.95. The smallest absolute Gasteiger partial charge is 0.416 e. The van der Waals surface area contributed by atoms with Gasteiger partial charge in [-0.2, -0.15) is 13.2 Å². The van der Waals surface area contributed by atoms with E-state index in [1.165, 1.54) is 6.07 Å². The Bertz CT molecular complexity index is 708. The number of hydrogen-bond acceptors (Lipinski definition) is 3. The summed E-state index contributed by atoms with van der Waals surface area (Å²) in [5.41, 5.74) is -0.277.